The van der Waals surface area contributed by atoms with E-state index in [4.69, 9.17) is 10.8 Å². The average molecular weight is 280 g/mol. The van der Waals surface area contributed by atoms with Gasteiger partial charge in [-0.15, -0.1) is 0 Å². The van der Waals surface area contributed by atoms with Crippen molar-refractivity contribution >= 4 is 17.8 Å². The number of hydrogen-bond donors (Lipinski definition) is 3. The number of nitrogens with one attached hydrogen (secondary N) is 1. The van der Waals surface area contributed by atoms with Gasteiger partial charge in [-0.3, -0.25) is 0 Å². The number of aromatic nitrogens is 3. The topological polar surface area (TPSA) is 100 Å². The number of hydrogen-bond acceptors (Lipinski definition) is 7. The van der Waals surface area contributed by atoms with Crippen molar-refractivity contribution in [2.24, 2.45) is 5.41 Å². The molecule has 0 aliphatic carbocycles. The van der Waals surface area contributed by atoms with Crippen molar-refractivity contribution in [1.29, 1.82) is 0 Å². The molecule has 0 amide bonds. The van der Waals surface area contributed by atoms with Gasteiger partial charge < -0.3 is 21.1 Å². The minimum atomic E-state index is -0.0239. The molecule has 1 aromatic heterocycles. The molecule has 20 heavy (non-hydrogen) atoms. The van der Waals surface area contributed by atoms with Crippen molar-refractivity contribution < 1.29 is 5.11 Å². The van der Waals surface area contributed by atoms with Gasteiger partial charge in [0.1, 0.15) is 0 Å². The molecule has 0 bridgehead atoms. The molecule has 2 heterocycles. The Hall–Kier alpha value is -1.63. The maximum absolute atomic E-state index is 9.04. The van der Waals surface area contributed by atoms with Gasteiger partial charge in [0.15, 0.2) is 0 Å². The summed E-state index contributed by atoms with van der Waals surface area (Å²) >= 11 is 0. The summed E-state index contributed by atoms with van der Waals surface area (Å²) in [6.45, 7) is 6.96. The van der Waals surface area contributed by atoms with Gasteiger partial charge in [0, 0.05) is 26.2 Å². The highest BCUT2D eigenvalue weighted by atomic mass is 16.3. The molecule has 0 atom stereocenters. The summed E-state index contributed by atoms with van der Waals surface area (Å²) in [5.74, 6) is 1.40. The summed E-state index contributed by atoms with van der Waals surface area (Å²) in [6, 6.07) is 0. The number of nitrogens with zero attached hydrogens (tertiary/aromatic N) is 4. The molecule has 1 aliphatic rings. The monoisotopic (exact) mass is 280 g/mol. The first-order valence-electron chi connectivity index (χ1n) is 7.11. The summed E-state index contributed by atoms with van der Waals surface area (Å²) in [6.07, 6.45) is 3.05. The van der Waals surface area contributed by atoms with E-state index in [1.54, 1.807) is 0 Å². The molecule has 1 saturated heterocycles. The van der Waals surface area contributed by atoms with Gasteiger partial charge in [0.05, 0.1) is 0 Å². The lowest BCUT2D eigenvalue weighted by atomic mass is 9.90. The van der Waals surface area contributed by atoms with Crippen LogP contribution in [0.1, 0.15) is 33.1 Å². The number of rotatable bonds is 6. The first kappa shape index (κ1) is 14.8. The summed E-state index contributed by atoms with van der Waals surface area (Å²) in [5.41, 5.74) is 5.73. The van der Waals surface area contributed by atoms with Crippen molar-refractivity contribution in [2.75, 3.05) is 42.2 Å². The molecule has 4 N–H and O–H groups in total. The van der Waals surface area contributed by atoms with E-state index >= 15 is 0 Å². The highest BCUT2D eigenvalue weighted by Gasteiger charge is 2.19. The van der Waals surface area contributed by atoms with Crippen LogP contribution in [0.2, 0.25) is 0 Å². The molecule has 112 valence electrons. The molecule has 0 aromatic carbocycles. The van der Waals surface area contributed by atoms with Gasteiger partial charge in [0.25, 0.3) is 0 Å². The third kappa shape index (κ3) is 3.93. The second-order valence-corrected chi connectivity index (χ2v) is 6.00. The summed E-state index contributed by atoms with van der Waals surface area (Å²) < 4.78 is 0. The Balaban J connectivity index is 2.04. The van der Waals surface area contributed by atoms with Crippen molar-refractivity contribution in [3.8, 4) is 0 Å². The van der Waals surface area contributed by atoms with E-state index in [1.165, 1.54) is 0 Å². The Morgan fingerprint density at radius 3 is 2.60 bits per heavy atom. The molecule has 0 saturated carbocycles. The molecule has 1 fully saturated rings. The molecule has 2 rings (SSSR count). The van der Waals surface area contributed by atoms with Crippen LogP contribution < -0.4 is 16.0 Å². The van der Waals surface area contributed by atoms with Crippen LogP contribution in [0.25, 0.3) is 0 Å². The first-order valence-corrected chi connectivity index (χ1v) is 7.11. The van der Waals surface area contributed by atoms with Crippen molar-refractivity contribution in [3.05, 3.63) is 0 Å². The number of aliphatic hydroxyl groups excluding tert-OH is 1. The Morgan fingerprint density at radius 2 is 1.95 bits per heavy atom. The quantitative estimate of drug-likeness (QED) is 0.711. The van der Waals surface area contributed by atoms with Gasteiger partial charge in [-0.25, -0.2) is 0 Å². The zero-order chi connectivity index (χ0) is 14.6. The molecule has 0 radical (unpaired) electrons. The highest BCUT2D eigenvalue weighted by Crippen LogP contribution is 2.21. The SMILES string of the molecule is CC(C)(CCO)CNc1nc(N)nc(N2CCCC2)n1. The fraction of sp³-hybridized carbons (Fsp3) is 0.769. The van der Waals surface area contributed by atoms with E-state index in [-0.39, 0.29) is 18.0 Å². The third-order valence-electron chi connectivity index (χ3n) is 3.54. The number of aliphatic hydroxyl groups is 1. The Kier molecular flexibility index (Phi) is 4.59. The first-order chi connectivity index (χ1) is 9.50. The van der Waals surface area contributed by atoms with Crippen LogP contribution >= 0.6 is 0 Å². The fourth-order valence-corrected chi connectivity index (χ4v) is 2.23. The lowest BCUT2D eigenvalue weighted by molar-refractivity contribution is 0.220. The maximum atomic E-state index is 9.04. The van der Waals surface area contributed by atoms with Gasteiger partial charge in [0.2, 0.25) is 17.8 Å². The Bertz CT molecular complexity index is 444. The van der Waals surface area contributed by atoms with E-state index in [2.05, 4.69) is 39.0 Å². The minimum absolute atomic E-state index is 0.0239. The van der Waals surface area contributed by atoms with Crippen molar-refractivity contribution in [1.82, 2.24) is 15.0 Å². The van der Waals surface area contributed by atoms with Crippen LogP contribution in [0.15, 0.2) is 0 Å². The normalized spacial score (nSPS) is 15.7. The molecule has 0 spiro atoms. The Morgan fingerprint density at radius 1 is 1.25 bits per heavy atom. The second kappa shape index (κ2) is 6.21. The molecule has 0 unspecified atom stereocenters. The average Bonchev–Trinajstić information content (AvgIpc) is 2.90. The van der Waals surface area contributed by atoms with Crippen LogP contribution in [-0.2, 0) is 0 Å². The maximum Gasteiger partial charge on any atom is 0.231 e. The van der Waals surface area contributed by atoms with Gasteiger partial charge >= 0.3 is 0 Å². The van der Waals surface area contributed by atoms with Gasteiger partial charge in [-0.05, 0) is 24.7 Å². The molecule has 1 aliphatic heterocycles. The molecular formula is C13H24N6O. The van der Waals surface area contributed by atoms with Crippen LogP contribution in [0.5, 0.6) is 0 Å². The third-order valence-corrected chi connectivity index (χ3v) is 3.54. The number of nitrogens with two attached hydrogens (primary N) is 1. The zero-order valence-corrected chi connectivity index (χ0v) is 12.3. The summed E-state index contributed by atoms with van der Waals surface area (Å²) in [5, 5.41) is 12.2. The van der Waals surface area contributed by atoms with Crippen LogP contribution in [0.4, 0.5) is 17.8 Å². The van der Waals surface area contributed by atoms with E-state index in [1.807, 2.05) is 0 Å². The predicted molar refractivity (Wildman–Crippen MR) is 79.7 cm³/mol. The van der Waals surface area contributed by atoms with Crippen molar-refractivity contribution in [3.63, 3.8) is 0 Å². The summed E-state index contributed by atoms with van der Waals surface area (Å²) in [7, 11) is 0. The molecule has 7 nitrogen and oxygen atoms in total. The molecular weight excluding hydrogens is 256 g/mol. The van der Waals surface area contributed by atoms with Crippen molar-refractivity contribution in [2.45, 2.75) is 33.1 Å². The van der Waals surface area contributed by atoms with E-state index in [0.717, 1.165) is 32.4 Å². The highest BCUT2D eigenvalue weighted by molar-refractivity contribution is 5.42. The largest absolute Gasteiger partial charge is 0.396 e. The van der Waals surface area contributed by atoms with Crippen LogP contribution in [0, 0.1) is 5.41 Å². The second-order valence-electron chi connectivity index (χ2n) is 6.00. The minimum Gasteiger partial charge on any atom is -0.396 e. The smallest absolute Gasteiger partial charge is 0.231 e. The number of anilines is 3. The number of nitrogen functional groups attached to an aromatic ring is 1. The Labute approximate surface area is 119 Å². The van der Waals surface area contributed by atoms with E-state index in [0.29, 0.717) is 18.4 Å². The molecule has 7 heteroatoms. The lowest BCUT2D eigenvalue weighted by Crippen LogP contribution is -2.26. The summed E-state index contributed by atoms with van der Waals surface area (Å²) in [4.78, 5) is 14.9. The van der Waals surface area contributed by atoms with E-state index < -0.39 is 0 Å². The standard InChI is InChI=1S/C13H24N6O/c1-13(2,5-8-20)9-15-11-16-10(14)17-12(18-11)19-6-3-4-7-19/h20H,3-9H2,1-2H3,(H3,14,15,16,17,18). The van der Waals surface area contributed by atoms with Gasteiger partial charge in [-0.2, -0.15) is 15.0 Å². The van der Waals surface area contributed by atoms with Crippen LogP contribution in [0.3, 0.4) is 0 Å². The fourth-order valence-electron chi connectivity index (χ4n) is 2.23. The van der Waals surface area contributed by atoms with E-state index in [9.17, 15) is 0 Å². The lowest BCUT2D eigenvalue weighted by Gasteiger charge is -2.24. The predicted octanol–water partition coefficient (Wildman–Crippen LogP) is 0.874. The molecule has 1 aromatic rings. The van der Waals surface area contributed by atoms with Gasteiger partial charge in [-0.1, -0.05) is 13.8 Å². The van der Waals surface area contributed by atoms with Crippen LogP contribution in [-0.4, -0.2) is 46.3 Å². The zero-order valence-electron chi connectivity index (χ0n) is 12.3.